The fourth-order valence-electron chi connectivity index (χ4n) is 4.93. The van der Waals surface area contributed by atoms with Crippen LogP contribution in [0.3, 0.4) is 0 Å². The zero-order valence-electron chi connectivity index (χ0n) is 16.5. The van der Waals surface area contributed by atoms with Crippen LogP contribution in [0.15, 0.2) is 34.7 Å². The maximum absolute atomic E-state index is 11.7. The number of aromatic nitrogens is 1. The van der Waals surface area contributed by atoms with Gasteiger partial charge in [-0.05, 0) is 42.7 Å². The minimum Gasteiger partial charge on any atom is -0.286 e. The van der Waals surface area contributed by atoms with Crippen molar-refractivity contribution in [3.05, 3.63) is 39.8 Å². The van der Waals surface area contributed by atoms with Gasteiger partial charge in [0, 0.05) is 34.2 Å². The molecule has 1 aromatic carbocycles. The van der Waals surface area contributed by atoms with Gasteiger partial charge >= 0.3 is 0 Å². The van der Waals surface area contributed by atoms with Crippen molar-refractivity contribution in [3.8, 4) is 11.3 Å². The molecule has 1 aromatic heterocycles. The highest BCUT2D eigenvalue weighted by molar-refractivity contribution is 7.85. The van der Waals surface area contributed by atoms with E-state index in [0.717, 1.165) is 17.7 Å². The average molecular weight is 451 g/mol. The Kier molecular flexibility index (Phi) is 4.94. The highest BCUT2D eigenvalue weighted by Gasteiger charge is 2.64. The summed E-state index contributed by atoms with van der Waals surface area (Å²) < 4.78 is 33.0. The van der Waals surface area contributed by atoms with Crippen molar-refractivity contribution in [3.63, 3.8) is 0 Å². The third kappa shape index (κ3) is 3.50. The number of rotatable bonds is 6. The van der Waals surface area contributed by atoms with E-state index in [-0.39, 0.29) is 16.9 Å². The maximum atomic E-state index is 11.7. The summed E-state index contributed by atoms with van der Waals surface area (Å²) in [6, 6.07) is 6.14. The van der Waals surface area contributed by atoms with Crippen LogP contribution in [0.2, 0.25) is 0 Å². The minimum atomic E-state index is -4.15. The highest BCUT2D eigenvalue weighted by atomic mass is 32.2. The van der Waals surface area contributed by atoms with E-state index < -0.39 is 20.5 Å². The molecule has 0 amide bonds. The topological polar surface area (TPSA) is 135 Å². The summed E-state index contributed by atoms with van der Waals surface area (Å²) in [6.07, 6.45) is 2.29. The molecular weight excluding hydrogens is 428 g/mol. The third-order valence-corrected chi connectivity index (χ3v) is 8.36. The molecule has 0 aliphatic heterocycles. The summed E-state index contributed by atoms with van der Waals surface area (Å²) >= 11 is 1.34. The van der Waals surface area contributed by atoms with E-state index in [1.54, 1.807) is 12.1 Å². The van der Waals surface area contributed by atoms with Crippen molar-refractivity contribution in [2.75, 3.05) is 11.2 Å². The van der Waals surface area contributed by atoms with Gasteiger partial charge in [-0.1, -0.05) is 13.8 Å². The molecule has 2 aliphatic carbocycles. The smallest absolute Gasteiger partial charge is 0.269 e. The van der Waals surface area contributed by atoms with Crippen LogP contribution in [-0.2, 0) is 10.1 Å². The molecule has 11 heteroatoms. The van der Waals surface area contributed by atoms with E-state index in [1.165, 1.54) is 23.5 Å². The standard InChI is InChI=1S/C19H22N4O5S2/c1-18(2)13-7-8-19(18,11-30(26,27)28)16(9-13)21-22-17-20-15(10-29-17)12-3-5-14(6-4-12)23(24)25/h3-6,10,13H,7-9,11H2,1-2H3,(H,20,22)(H,26,27,28). The number of nitrogens with zero attached hydrogens (tertiary/aromatic N) is 3. The lowest BCUT2D eigenvalue weighted by Crippen LogP contribution is -2.42. The molecule has 4 rings (SSSR count). The Morgan fingerprint density at radius 2 is 2.07 bits per heavy atom. The number of nitrogens with one attached hydrogen (secondary N) is 1. The molecule has 2 aliphatic rings. The summed E-state index contributed by atoms with van der Waals surface area (Å²) in [5.41, 5.74) is 4.19. The first-order valence-corrected chi connectivity index (χ1v) is 12.0. The van der Waals surface area contributed by atoms with Crippen LogP contribution < -0.4 is 5.43 Å². The number of non-ortho nitro benzene ring substituents is 1. The van der Waals surface area contributed by atoms with E-state index >= 15 is 0 Å². The molecule has 2 atom stereocenters. The first kappa shape index (κ1) is 20.9. The molecule has 2 fully saturated rings. The van der Waals surface area contributed by atoms with Crippen LogP contribution in [0.1, 0.15) is 33.1 Å². The first-order chi connectivity index (χ1) is 14.0. The van der Waals surface area contributed by atoms with Crippen molar-refractivity contribution in [2.24, 2.45) is 21.8 Å². The number of hydrogen-bond acceptors (Lipinski definition) is 8. The summed E-state index contributed by atoms with van der Waals surface area (Å²) in [6.45, 7) is 4.10. The third-order valence-electron chi connectivity index (χ3n) is 6.76. The van der Waals surface area contributed by atoms with Gasteiger partial charge in [0.2, 0.25) is 5.13 Å². The highest BCUT2D eigenvalue weighted by Crippen LogP contribution is 2.64. The van der Waals surface area contributed by atoms with Crippen LogP contribution in [0, 0.1) is 26.9 Å². The van der Waals surface area contributed by atoms with Crippen molar-refractivity contribution in [2.45, 2.75) is 33.1 Å². The molecule has 0 radical (unpaired) electrons. The van der Waals surface area contributed by atoms with Gasteiger partial charge in [-0.3, -0.25) is 20.1 Å². The second-order valence-corrected chi connectivity index (χ2v) is 10.8. The second kappa shape index (κ2) is 7.10. The molecule has 9 nitrogen and oxygen atoms in total. The number of benzene rings is 1. The summed E-state index contributed by atoms with van der Waals surface area (Å²) in [7, 11) is -4.15. The number of nitro groups is 1. The Hall–Kier alpha value is -2.37. The lowest BCUT2D eigenvalue weighted by molar-refractivity contribution is -0.384. The van der Waals surface area contributed by atoms with Crippen LogP contribution in [0.25, 0.3) is 11.3 Å². The number of fused-ring (bicyclic) bond motifs is 2. The number of anilines is 1. The molecule has 1 heterocycles. The average Bonchev–Trinajstić information content (AvgIpc) is 3.28. The Morgan fingerprint density at radius 3 is 2.67 bits per heavy atom. The second-order valence-electron chi connectivity index (χ2n) is 8.48. The molecule has 2 N–H and O–H groups in total. The molecule has 0 saturated heterocycles. The molecule has 2 saturated carbocycles. The zero-order chi connectivity index (χ0) is 21.7. The van der Waals surface area contributed by atoms with Gasteiger partial charge in [0.25, 0.3) is 15.8 Å². The van der Waals surface area contributed by atoms with Crippen LogP contribution >= 0.6 is 11.3 Å². The van der Waals surface area contributed by atoms with Gasteiger partial charge in [-0.25, -0.2) is 4.98 Å². The number of hydrazone groups is 1. The Morgan fingerprint density at radius 1 is 1.37 bits per heavy atom. The van der Waals surface area contributed by atoms with Crippen LogP contribution in [0.5, 0.6) is 0 Å². The van der Waals surface area contributed by atoms with E-state index in [4.69, 9.17) is 0 Å². The van der Waals surface area contributed by atoms with Crippen LogP contribution in [-0.4, -0.2) is 34.3 Å². The quantitative estimate of drug-likeness (QED) is 0.382. The number of nitro benzene ring substituents is 1. The SMILES string of the molecule is CC1(C)C2CCC1(CS(=O)(=O)O)C(=NNc1nc(-c3ccc([N+](=O)[O-])cc3)cs1)C2. The van der Waals surface area contributed by atoms with Crippen molar-refractivity contribution in [1.82, 2.24) is 4.98 Å². The van der Waals surface area contributed by atoms with Gasteiger partial charge in [-0.2, -0.15) is 13.5 Å². The summed E-state index contributed by atoms with van der Waals surface area (Å²) in [5, 5.41) is 17.7. The van der Waals surface area contributed by atoms with E-state index in [2.05, 4.69) is 29.4 Å². The molecule has 0 spiro atoms. The Bertz CT molecular complexity index is 1120. The molecule has 2 aromatic rings. The van der Waals surface area contributed by atoms with Gasteiger partial charge in [-0.15, -0.1) is 11.3 Å². The molecule has 160 valence electrons. The van der Waals surface area contributed by atoms with Gasteiger partial charge < -0.3 is 0 Å². The van der Waals surface area contributed by atoms with E-state index in [0.29, 0.717) is 29.6 Å². The predicted molar refractivity (Wildman–Crippen MR) is 115 cm³/mol. The zero-order valence-corrected chi connectivity index (χ0v) is 18.2. The van der Waals surface area contributed by atoms with Gasteiger partial charge in [0.1, 0.15) is 0 Å². The van der Waals surface area contributed by atoms with E-state index in [1.807, 2.05) is 5.38 Å². The molecule has 30 heavy (non-hydrogen) atoms. The fourth-order valence-corrected chi connectivity index (χ4v) is 6.90. The normalized spacial score (nSPS) is 26.2. The number of hydrogen-bond donors (Lipinski definition) is 2. The first-order valence-electron chi connectivity index (χ1n) is 9.50. The molecular formula is C19H22N4O5S2. The van der Waals surface area contributed by atoms with Gasteiger partial charge in [0.15, 0.2) is 0 Å². The van der Waals surface area contributed by atoms with Crippen molar-refractivity contribution in [1.29, 1.82) is 0 Å². The van der Waals surface area contributed by atoms with E-state index in [9.17, 15) is 23.1 Å². The summed E-state index contributed by atoms with van der Waals surface area (Å²) in [4.78, 5) is 14.8. The minimum absolute atomic E-state index is 0.0155. The predicted octanol–water partition coefficient (Wildman–Crippen LogP) is 4.20. The Balaban J connectivity index is 1.56. The van der Waals surface area contributed by atoms with Crippen molar-refractivity contribution >= 4 is 38.0 Å². The number of thiazole rings is 1. The summed E-state index contributed by atoms with van der Waals surface area (Å²) in [5.74, 6) is 0.00222. The molecule has 2 unspecified atom stereocenters. The molecule has 2 bridgehead atoms. The fraction of sp³-hybridized carbons (Fsp3) is 0.474. The maximum Gasteiger partial charge on any atom is 0.269 e. The largest absolute Gasteiger partial charge is 0.286 e. The van der Waals surface area contributed by atoms with Crippen molar-refractivity contribution < 1.29 is 17.9 Å². The van der Waals surface area contributed by atoms with Gasteiger partial charge in [0.05, 0.1) is 16.4 Å². The monoisotopic (exact) mass is 450 g/mol. The van der Waals surface area contributed by atoms with Crippen LogP contribution in [0.4, 0.5) is 10.8 Å². The Labute approximate surface area is 178 Å². The lowest BCUT2D eigenvalue weighted by Gasteiger charge is -2.37. The lowest BCUT2D eigenvalue weighted by atomic mass is 9.70.